The van der Waals surface area contributed by atoms with E-state index in [9.17, 15) is 16.8 Å². The van der Waals surface area contributed by atoms with Crippen LogP contribution in [0.5, 0.6) is 0 Å². The van der Waals surface area contributed by atoms with Crippen molar-refractivity contribution in [1.82, 2.24) is 4.13 Å². The highest BCUT2D eigenvalue weighted by atomic mass is 32.3. The fraction of sp³-hybridized carbons (Fsp3) is 0.250. The van der Waals surface area contributed by atoms with E-state index in [1.807, 2.05) is 4.13 Å². The average Bonchev–Trinajstić information content (AvgIpc) is 2.54. The Morgan fingerprint density at radius 1 is 0.652 bits per heavy atom. The zero-order valence-corrected chi connectivity index (χ0v) is 14.5. The quantitative estimate of drug-likeness (QED) is 0.866. The molecule has 124 valence electrons. The van der Waals surface area contributed by atoms with Gasteiger partial charge in [-0.1, -0.05) is 60.7 Å². The van der Waals surface area contributed by atoms with Crippen molar-refractivity contribution in [3.63, 3.8) is 0 Å². The van der Waals surface area contributed by atoms with Crippen LogP contribution in [0.4, 0.5) is 0 Å². The van der Waals surface area contributed by atoms with Gasteiger partial charge in [0.2, 0.25) is 20.0 Å². The third kappa shape index (κ3) is 4.19. The molecule has 0 spiro atoms. The second-order valence-electron chi connectivity index (χ2n) is 5.28. The smallest absolute Gasteiger partial charge is 0.211 e. The molecule has 23 heavy (non-hydrogen) atoms. The van der Waals surface area contributed by atoms with Gasteiger partial charge in [0.15, 0.2) is 0 Å². The minimum Gasteiger partial charge on any atom is -0.211 e. The van der Waals surface area contributed by atoms with Crippen LogP contribution in [0, 0.1) is 0 Å². The molecule has 0 heterocycles. The first-order chi connectivity index (χ1) is 10.7. The summed E-state index contributed by atoms with van der Waals surface area (Å²) in [7, 11) is -8.12. The summed E-state index contributed by atoms with van der Waals surface area (Å²) in [6.07, 6.45) is 0. The maximum absolute atomic E-state index is 12.4. The third-order valence-corrected chi connectivity index (χ3v) is 7.97. The molecule has 0 saturated heterocycles. The molecule has 0 aliphatic rings. The Hall–Kier alpha value is -1.70. The fourth-order valence-corrected chi connectivity index (χ4v) is 5.59. The van der Waals surface area contributed by atoms with Crippen LogP contribution in [0.1, 0.15) is 35.5 Å². The lowest BCUT2D eigenvalue weighted by molar-refractivity contribution is 0.565. The molecule has 0 radical (unpaired) electrons. The van der Waals surface area contributed by atoms with Gasteiger partial charge in [0.05, 0.1) is 10.5 Å². The van der Waals surface area contributed by atoms with Crippen LogP contribution in [0.25, 0.3) is 0 Å². The number of hydrogen-bond donors (Lipinski definition) is 1. The average molecular weight is 353 g/mol. The van der Waals surface area contributed by atoms with Gasteiger partial charge in [0.1, 0.15) is 0 Å². The Morgan fingerprint density at radius 3 is 1.26 bits per heavy atom. The van der Waals surface area contributed by atoms with Crippen molar-refractivity contribution in [2.45, 2.75) is 24.3 Å². The molecule has 7 heteroatoms. The Balaban J connectivity index is 2.26. The summed E-state index contributed by atoms with van der Waals surface area (Å²) >= 11 is 0. The van der Waals surface area contributed by atoms with Crippen molar-refractivity contribution in [2.75, 3.05) is 0 Å². The number of rotatable bonds is 6. The Labute approximate surface area is 137 Å². The highest BCUT2D eigenvalue weighted by Crippen LogP contribution is 2.25. The van der Waals surface area contributed by atoms with Gasteiger partial charge >= 0.3 is 0 Å². The molecule has 0 bridgehead atoms. The largest absolute Gasteiger partial charge is 0.231 e. The van der Waals surface area contributed by atoms with Crippen molar-refractivity contribution >= 4 is 20.0 Å². The van der Waals surface area contributed by atoms with E-state index in [2.05, 4.69) is 0 Å². The van der Waals surface area contributed by atoms with Gasteiger partial charge in [-0.15, -0.1) is 4.13 Å². The van der Waals surface area contributed by atoms with Gasteiger partial charge < -0.3 is 0 Å². The van der Waals surface area contributed by atoms with Crippen molar-refractivity contribution in [3.8, 4) is 0 Å². The monoisotopic (exact) mass is 353 g/mol. The zero-order valence-electron chi connectivity index (χ0n) is 12.9. The standard InChI is InChI=1S/C16H19NO4S2/c1-13(15-9-5-3-6-10-15)22(18,19)17-23(20,21)14(2)16-11-7-4-8-12-16/h3-14,17H,1-2H3/t13-,14-/m0/s1. The van der Waals surface area contributed by atoms with E-state index in [1.54, 1.807) is 60.7 Å². The highest BCUT2D eigenvalue weighted by Gasteiger charge is 2.32. The molecule has 0 saturated carbocycles. The molecule has 2 atom stereocenters. The predicted octanol–water partition coefficient (Wildman–Crippen LogP) is 2.76. The van der Waals surface area contributed by atoms with Gasteiger partial charge in [-0.3, -0.25) is 0 Å². The fourth-order valence-electron chi connectivity index (χ4n) is 2.11. The number of hydrogen-bond acceptors (Lipinski definition) is 4. The SMILES string of the molecule is C[C@@H](c1ccccc1)S(=O)(=O)NS(=O)(=O)[C@@H](C)c1ccccc1. The molecule has 0 amide bonds. The first-order valence-corrected chi connectivity index (χ1v) is 10.2. The molecule has 0 aliphatic heterocycles. The topological polar surface area (TPSA) is 80.3 Å². The normalized spacial score (nSPS) is 15.0. The summed E-state index contributed by atoms with van der Waals surface area (Å²) in [6.45, 7) is 2.92. The zero-order chi connectivity index (χ0) is 17.1. The second-order valence-corrected chi connectivity index (χ2v) is 9.54. The minimum atomic E-state index is -4.06. The second kappa shape index (κ2) is 6.82. The van der Waals surface area contributed by atoms with Crippen LogP contribution in [-0.4, -0.2) is 16.8 Å². The van der Waals surface area contributed by atoms with Gasteiger partial charge in [-0.2, -0.15) is 0 Å². The van der Waals surface area contributed by atoms with Crippen LogP contribution in [0.3, 0.4) is 0 Å². The van der Waals surface area contributed by atoms with Crippen LogP contribution in [-0.2, 0) is 20.0 Å². The van der Waals surface area contributed by atoms with E-state index in [4.69, 9.17) is 0 Å². The predicted molar refractivity (Wildman–Crippen MR) is 90.7 cm³/mol. The molecule has 0 fully saturated rings. The van der Waals surface area contributed by atoms with Crippen molar-refractivity contribution in [3.05, 3.63) is 71.8 Å². The summed E-state index contributed by atoms with van der Waals surface area (Å²) in [5.41, 5.74) is 1.06. The number of nitrogens with one attached hydrogen (secondary N) is 1. The first-order valence-electron chi connectivity index (χ1n) is 7.10. The Bertz CT molecular complexity index is 774. The molecule has 1 N–H and O–H groups in total. The molecular weight excluding hydrogens is 334 g/mol. The summed E-state index contributed by atoms with van der Waals surface area (Å²) in [5.74, 6) is 0. The van der Waals surface area contributed by atoms with Crippen molar-refractivity contribution in [1.29, 1.82) is 0 Å². The molecule has 0 unspecified atom stereocenters. The molecule has 5 nitrogen and oxygen atoms in total. The summed E-state index contributed by atoms with van der Waals surface area (Å²) in [4.78, 5) is 0. The van der Waals surface area contributed by atoms with E-state index >= 15 is 0 Å². The van der Waals surface area contributed by atoms with Gasteiger partial charge in [-0.25, -0.2) is 16.8 Å². The third-order valence-electron chi connectivity index (χ3n) is 3.70. The maximum atomic E-state index is 12.4. The molecule has 0 aliphatic carbocycles. The van der Waals surface area contributed by atoms with E-state index < -0.39 is 30.5 Å². The summed E-state index contributed by atoms with van der Waals surface area (Å²) < 4.78 is 51.4. The lowest BCUT2D eigenvalue weighted by Crippen LogP contribution is -2.36. The summed E-state index contributed by atoms with van der Waals surface area (Å²) in [6, 6.07) is 17.0. The lowest BCUT2D eigenvalue weighted by Gasteiger charge is -2.18. The van der Waals surface area contributed by atoms with Crippen LogP contribution in [0.15, 0.2) is 60.7 Å². The minimum absolute atomic E-state index is 0.530. The van der Waals surface area contributed by atoms with Crippen LogP contribution < -0.4 is 4.13 Å². The van der Waals surface area contributed by atoms with E-state index in [1.165, 1.54) is 13.8 Å². The molecule has 0 aromatic heterocycles. The van der Waals surface area contributed by atoms with Crippen LogP contribution >= 0.6 is 0 Å². The highest BCUT2D eigenvalue weighted by molar-refractivity contribution is 8.04. The maximum Gasteiger partial charge on any atom is 0.231 e. The molecule has 2 aromatic carbocycles. The van der Waals surface area contributed by atoms with Crippen LogP contribution in [0.2, 0.25) is 0 Å². The molecule has 2 rings (SSSR count). The van der Waals surface area contributed by atoms with Crippen molar-refractivity contribution in [2.24, 2.45) is 0 Å². The van der Waals surface area contributed by atoms with Gasteiger partial charge in [-0.05, 0) is 25.0 Å². The first kappa shape index (κ1) is 17.7. The molecule has 2 aromatic rings. The number of sulfonamides is 2. The van der Waals surface area contributed by atoms with E-state index in [-0.39, 0.29) is 0 Å². The van der Waals surface area contributed by atoms with E-state index in [0.717, 1.165) is 0 Å². The lowest BCUT2D eigenvalue weighted by atomic mass is 10.2. The molecular formula is C16H19NO4S2. The summed E-state index contributed by atoms with van der Waals surface area (Å²) in [5, 5.41) is -1.94. The number of benzene rings is 2. The van der Waals surface area contributed by atoms with Gasteiger partial charge in [0.25, 0.3) is 0 Å². The van der Waals surface area contributed by atoms with E-state index in [0.29, 0.717) is 11.1 Å². The Morgan fingerprint density at radius 2 is 0.957 bits per heavy atom. The van der Waals surface area contributed by atoms with Crippen molar-refractivity contribution < 1.29 is 16.8 Å². The Kier molecular flexibility index (Phi) is 5.23. The van der Waals surface area contributed by atoms with Gasteiger partial charge in [0, 0.05) is 0 Å².